The molecule has 124 valence electrons. The first kappa shape index (κ1) is 15.1. The van der Waals surface area contributed by atoms with Gasteiger partial charge >= 0.3 is 0 Å². The summed E-state index contributed by atoms with van der Waals surface area (Å²) in [4.78, 5) is 12.2. The Labute approximate surface area is 135 Å². The van der Waals surface area contributed by atoms with Crippen LogP contribution in [0.25, 0.3) is 0 Å². The number of halogens is 1. The Balaban J connectivity index is 1.83. The molecule has 1 aromatic rings. The molecule has 2 saturated carbocycles. The summed E-state index contributed by atoms with van der Waals surface area (Å²) in [6.45, 7) is 1.94. The summed E-state index contributed by atoms with van der Waals surface area (Å²) in [5.41, 5.74) is 0.924. The van der Waals surface area contributed by atoms with E-state index in [1.165, 1.54) is 0 Å². The normalized spacial score (nSPS) is 45.0. The first-order valence-electron chi connectivity index (χ1n) is 8.53. The minimum absolute atomic E-state index is 0.0356. The van der Waals surface area contributed by atoms with E-state index in [4.69, 9.17) is 0 Å². The highest BCUT2D eigenvalue weighted by molar-refractivity contribution is 5.72. The Morgan fingerprint density at radius 3 is 2.83 bits per heavy atom. The summed E-state index contributed by atoms with van der Waals surface area (Å²) in [7, 11) is 0. The van der Waals surface area contributed by atoms with Gasteiger partial charge in [-0.15, -0.1) is 0 Å². The van der Waals surface area contributed by atoms with E-state index in [0.29, 0.717) is 19.3 Å². The molecule has 1 unspecified atom stereocenters. The monoisotopic (exact) mass is 318 g/mol. The molecule has 0 aliphatic heterocycles. The Morgan fingerprint density at radius 2 is 2.09 bits per heavy atom. The van der Waals surface area contributed by atoms with Crippen LogP contribution in [-0.4, -0.2) is 28.8 Å². The zero-order valence-corrected chi connectivity index (χ0v) is 13.3. The summed E-state index contributed by atoms with van der Waals surface area (Å²) < 4.78 is 14.6. The quantitative estimate of drug-likeness (QED) is 0.783. The molecule has 3 aliphatic carbocycles. The number of aromatic hydroxyl groups is 1. The van der Waals surface area contributed by atoms with Gasteiger partial charge in [-0.3, -0.25) is 0 Å². The van der Waals surface area contributed by atoms with Gasteiger partial charge in [-0.25, -0.2) is 4.39 Å². The van der Waals surface area contributed by atoms with E-state index in [2.05, 4.69) is 0 Å². The number of aliphatic hydroxyl groups is 1. The third-order valence-electron chi connectivity index (χ3n) is 7.06. The zero-order chi connectivity index (χ0) is 16.4. The minimum atomic E-state index is -1.20. The van der Waals surface area contributed by atoms with Gasteiger partial charge in [0.1, 0.15) is 18.2 Å². The Morgan fingerprint density at radius 1 is 1.30 bits per heavy atom. The first-order chi connectivity index (χ1) is 10.9. The second-order valence-electron chi connectivity index (χ2n) is 7.96. The molecule has 4 heteroatoms. The van der Waals surface area contributed by atoms with Crippen LogP contribution in [0.4, 0.5) is 4.39 Å². The topological polar surface area (TPSA) is 57.5 Å². The van der Waals surface area contributed by atoms with Crippen molar-refractivity contribution in [2.45, 2.75) is 56.7 Å². The fraction of sp³-hybridized carbons (Fsp3) is 0.632. The molecule has 23 heavy (non-hydrogen) atoms. The lowest BCUT2D eigenvalue weighted by Gasteiger charge is -2.54. The predicted molar refractivity (Wildman–Crippen MR) is 84.0 cm³/mol. The molecule has 2 N–H and O–H groups in total. The van der Waals surface area contributed by atoms with Gasteiger partial charge in [-0.05, 0) is 67.2 Å². The van der Waals surface area contributed by atoms with Crippen LogP contribution < -0.4 is 0 Å². The molecule has 3 aliphatic rings. The molecule has 0 amide bonds. The average molecular weight is 318 g/mol. The van der Waals surface area contributed by atoms with Crippen molar-refractivity contribution in [1.29, 1.82) is 0 Å². The molecule has 0 aromatic heterocycles. The third-order valence-corrected chi connectivity index (χ3v) is 7.06. The highest BCUT2D eigenvalue weighted by atomic mass is 19.1. The molecule has 0 bridgehead atoms. The van der Waals surface area contributed by atoms with E-state index in [1.54, 1.807) is 12.1 Å². The van der Waals surface area contributed by atoms with Crippen molar-refractivity contribution in [3.05, 3.63) is 29.3 Å². The van der Waals surface area contributed by atoms with Gasteiger partial charge in [0.05, 0.1) is 11.5 Å². The number of rotatable bonds is 1. The van der Waals surface area contributed by atoms with Gasteiger partial charge in [0.15, 0.2) is 0 Å². The van der Waals surface area contributed by atoms with Gasteiger partial charge in [0.2, 0.25) is 0 Å². The molecule has 4 rings (SSSR count). The number of aryl methyl sites for hydroxylation is 1. The number of aliphatic hydroxyl groups excluding tert-OH is 1. The molecule has 0 radical (unpaired) electrons. The molecule has 6 atom stereocenters. The molecule has 2 fully saturated rings. The third kappa shape index (κ3) is 1.81. The van der Waals surface area contributed by atoms with Crippen molar-refractivity contribution >= 4 is 6.29 Å². The number of phenols is 1. The summed E-state index contributed by atoms with van der Waals surface area (Å²) in [6.07, 6.45) is 2.26. The Bertz CT molecular complexity index is 660. The highest BCUT2D eigenvalue weighted by Crippen LogP contribution is 2.63. The van der Waals surface area contributed by atoms with Gasteiger partial charge < -0.3 is 15.0 Å². The van der Waals surface area contributed by atoms with E-state index >= 15 is 0 Å². The number of carbonyl (C=O) groups is 1. The van der Waals surface area contributed by atoms with E-state index in [1.807, 2.05) is 13.0 Å². The maximum Gasteiger partial charge on any atom is 0.131 e. The molecule has 3 nitrogen and oxygen atoms in total. The van der Waals surface area contributed by atoms with E-state index < -0.39 is 23.1 Å². The number of fused-ring (bicyclic) bond motifs is 5. The largest absolute Gasteiger partial charge is 0.508 e. The Hall–Kier alpha value is -1.42. The van der Waals surface area contributed by atoms with Gasteiger partial charge in [0, 0.05) is 5.41 Å². The van der Waals surface area contributed by atoms with Crippen LogP contribution >= 0.6 is 0 Å². The van der Waals surface area contributed by atoms with Crippen molar-refractivity contribution in [3.63, 3.8) is 0 Å². The van der Waals surface area contributed by atoms with Crippen LogP contribution in [0.2, 0.25) is 0 Å². The number of benzene rings is 1. The van der Waals surface area contributed by atoms with Crippen molar-refractivity contribution in [1.82, 2.24) is 0 Å². The number of aldehydes is 1. The summed E-state index contributed by atoms with van der Waals surface area (Å²) in [5, 5.41) is 19.8. The summed E-state index contributed by atoms with van der Waals surface area (Å²) in [5.74, 6) is 0.337. The molecule has 0 saturated heterocycles. The van der Waals surface area contributed by atoms with Crippen molar-refractivity contribution in [2.24, 2.45) is 17.3 Å². The van der Waals surface area contributed by atoms with E-state index in [-0.39, 0.29) is 17.6 Å². The highest BCUT2D eigenvalue weighted by Gasteiger charge is 2.63. The second kappa shape index (κ2) is 4.79. The molecular weight excluding hydrogens is 295 g/mol. The first-order valence-corrected chi connectivity index (χ1v) is 8.53. The summed E-state index contributed by atoms with van der Waals surface area (Å²) in [6, 6.07) is 5.26. The van der Waals surface area contributed by atoms with Crippen molar-refractivity contribution < 1.29 is 19.4 Å². The Kier molecular flexibility index (Phi) is 3.15. The number of alkyl halides is 1. The number of carbonyl (C=O) groups excluding carboxylic acids is 1. The van der Waals surface area contributed by atoms with Crippen LogP contribution in [0.3, 0.4) is 0 Å². The van der Waals surface area contributed by atoms with Crippen LogP contribution in [0.15, 0.2) is 18.2 Å². The molecular formula is C19H23FO3. The summed E-state index contributed by atoms with van der Waals surface area (Å²) >= 11 is 0. The molecule has 0 spiro atoms. The fourth-order valence-electron chi connectivity index (χ4n) is 5.82. The van der Waals surface area contributed by atoms with Crippen molar-refractivity contribution in [2.75, 3.05) is 0 Å². The van der Waals surface area contributed by atoms with E-state index in [0.717, 1.165) is 30.3 Å². The van der Waals surface area contributed by atoms with Crippen LogP contribution in [0, 0.1) is 17.3 Å². The predicted octanol–water partition coefficient (Wildman–Crippen LogP) is 2.91. The lowest BCUT2D eigenvalue weighted by Crippen LogP contribution is -2.53. The number of hydrogen-bond acceptors (Lipinski definition) is 3. The zero-order valence-electron chi connectivity index (χ0n) is 13.3. The van der Waals surface area contributed by atoms with Gasteiger partial charge in [0.25, 0.3) is 0 Å². The van der Waals surface area contributed by atoms with Crippen molar-refractivity contribution in [3.8, 4) is 5.75 Å². The van der Waals surface area contributed by atoms with E-state index in [9.17, 15) is 19.4 Å². The fourth-order valence-corrected chi connectivity index (χ4v) is 5.82. The van der Waals surface area contributed by atoms with Gasteiger partial charge in [-0.1, -0.05) is 13.0 Å². The second-order valence-corrected chi connectivity index (χ2v) is 7.96. The molecule has 1 aromatic carbocycles. The van der Waals surface area contributed by atoms with Crippen LogP contribution in [0.1, 0.15) is 43.7 Å². The lowest BCUT2D eigenvalue weighted by atomic mass is 9.49. The maximum atomic E-state index is 14.6. The number of hydrogen-bond donors (Lipinski definition) is 2. The minimum Gasteiger partial charge on any atom is -0.508 e. The SMILES string of the molecule is C[C@]12CCC3(C=O)c4ccc(O)cc4CC[C@H]3[C@@H]1C[C@@H](O)[C@@H]2F. The van der Waals surface area contributed by atoms with Gasteiger partial charge in [-0.2, -0.15) is 0 Å². The number of phenolic OH excluding ortho intramolecular Hbond substituents is 1. The average Bonchev–Trinajstić information content (AvgIpc) is 2.77. The standard InChI is InChI=1S/C19H23FO3/c1-18-6-7-19(10-21)13-5-3-12(22)8-11(13)2-4-14(19)15(18)9-16(23)17(18)20/h3,5,8,10,14-17,22-23H,2,4,6-7,9H2,1H3/t14-,15-,16+,17-,18-,19?/m0/s1. The maximum absolute atomic E-state index is 14.6. The lowest BCUT2D eigenvalue weighted by molar-refractivity contribution is -0.121. The van der Waals surface area contributed by atoms with Crippen LogP contribution in [-0.2, 0) is 16.6 Å². The van der Waals surface area contributed by atoms with Crippen LogP contribution in [0.5, 0.6) is 5.75 Å². The molecule has 0 heterocycles. The smallest absolute Gasteiger partial charge is 0.131 e.